The summed E-state index contributed by atoms with van der Waals surface area (Å²) in [7, 11) is 0. The minimum Gasteiger partial charge on any atom is -0.490 e. The third-order valence-corrected chi connectivity index (χ3v) is 4.46. The summed E-state index contributed by atoms with van der Waals surface area (Å²) in [5, 5.41) is 12.1. The number of hydrogen-bond donors (Lipinski definition) is 2. The van der Waals surface area contributed by atoms with Crippen molar-refractivity contribution in [3.63, 3.8) is 0 Å². The van der Waals surface area contributed by atoms with Gasteiger partial charge in [-0.3, -0.25) is 9.59 Å². The van der Waals surface area contributed by atoms with Gasteiger partial charge in [0.15, 0.2) is 18.1 Å². The summed E-state index contributed by atoms with van der Waals surface area (Å²) in [5.41, 5.74) is 6.62. The van der Waals surface area contributed by atoms with E-state index in [2.05, 4.69) is 5.32 Å². The fourth-order valence-electron chi connectivity index (χ4n) is 2.41. The quantitative estimate of drug-likeness (QED) is 0.309. The molecule has 0 heterocycles. The number of nitrogens with zero attached hydrogens (tertiary/aromatic N) is 1. The highest BCUT2D eigenvalue weighted by atomic mass is 127. The molecule has 7 nitrogen and oxygen atoms in total. The van der Waals surface area contributed by atoms with Crippen LogP contribution in [0.5, 0.6) is 11.5 Å². The van der Waals surface area contributed by atoms with E-state index < -0.39 is 11.8 Å². The lowest BCUT2D eigenvalue weighted by Gasteiger charge is -2.14. The van der Waals surface area contributed by atoms with Crippen LogP contribution in [0.15, 0.2) is 48.0 Å². The Hall–Kier alpha value is -3.06. The molecular weight excluding hydrogens is 485 g/mol. The summed E-state index contributed by atoms with van der Waals surface area (Å²) in [6, 6.07) is 14.7. The lowest BCUT2D eigenvalue weighted by molar-refractivity contribution is -0.120. The molecule has 0 spiro atoms. The number of amides is 2. The predicted octanol–water partition coefficient (Wildman–Crippen LogP) is 2.78. The van der Waals surface area contributed by atoms with Gasteiger partial charge in [-0.1, -0.05) is 30.3 Å². The van der Waals surface area contributed by atoms with Gasteiger partial charge in [0, 0.05) is 6.54 Å². The number of nitriles is 1. The second-order valence-electron chi connectivity index (χ2n) is 5.86. The van der Waals surface area contributed by atoms with Gasteiger partial charge in [0.25, 0.3) is 11.8 Å². The van der Waals surface area contributed by atoms with Crippen LogP contribution in [0.1, 0.15) is 18.1 Å². The first-order valence-electron chi connectivity index (χ1n) is 8.76. The van der Waals surface area contributed by atoms with E-state index in [4.69, 9.17) is 15.2 Å². The van der Waals surface area contributed by atoms with E-state index >= 15 is 0 Å². The van der Waals surface area contributed by atoms with Gasteiger partial charge in [-0.15, -0.1) is 0 Å². The van der Waals surface area contributed by atoms with E-state index in [-0.39, 0.29) is 12.2 Å². The van der Waals surface area contributed by atoms with Gasteiger partial charge >= 0.3 is 0 Å². The van der Waals surface area contributed by atoms with Crippen molar-refractivity contribution in [1.82, 2.24) is 5.32 Å². The minimum atomic E-state index is -0.603. The first-order chi connectivity index (χ1) is 13.9. The molecule has 0 unspecified atom stereocenters. The third-order valence-electron chi connectivity index (χ3n) is 3.66. The molecule has 0 aromatic heterocycles. The Labute approximate surface area is 182 Å². The second kappa shape index (κ2) is 11.1. The molecule has 0 aliphatic carbocycles. The number of carbonyl (C=O) groups excluding carboxylic acids is 2. The molecule has 0 radical (unpaired) electrons. The van der Waals surface area contributed by atoms with Gasteiger partial charge < -0.3 is 20.5 Å². The van der Waals surface area contributed by atoms with Crippen LogP contribution < -0.4 is 20.5 Å². The topological polar surface area (TPSA) is 114 Å². The summed E-state index contributed by atoms with van der Waals surface area (Å²) >= 11 is 2.03. The molecule has 2 rings (SSSR count). The standard InChI is InChI=1S/C21H20IN3O4/c1-2-28-18-10-15(9-17(22)20(18)29-13-19(24)26)8-16(11-23)21(27)25-12-14-6-4-3-5-7-14/h3-10H,2,12-13H2,1H3,(H2,24,26)(H,25,27)/b16-8+. The molecule has 29 heavy (non-hydrogen) atoms. The zero-order valence-electron chi connectivity index (χ0n) is 15.8. The van der Waals surface area contributed by atoms with Gasteiger partial charge in [0.05, 0.1) is 10.2 Å². The van der Waals surface area contributed by atoms with Crippen LogP contribution in [0, 0.1) is 14.9 Å². The van der Waals surface area contributed by atoms with Crippen molar-refractivity contribution < 1.29 is 19.1 Å². The van der Waals surface area contributed by atoms with Crippen LogP contribution in [-0.4, -0.2) is 25.0 Å². The minimum absolute atomic E-state index is 0.0371. The van der Waals surface area contributed by atoms with Crippen LogP contribution in [0.4, 0.5) is 0 Å². The van der Waals surface area contributed by atoms with Gasteiger partial charge in [0.2, 0.25) is 0 Å². The summed E-state index contributed by atoms with van der Waals surface area (Å²) in [6.07, 6.45) is 1.48. The van der Waals surface area contributed by atoms with Gasteiger partial charge in [-0.2, -0.15) is 5.26 Å². The van der Waals surface area contributed by atoms with Crippen molar-refractivity contribution >= 4 is 40.5 Å². The fraction of sp³-hybridized carbons (Fsp3) is 0.190. The van der Waals surface area contributed by atoms with E-state index in [1.165, 1.54) is 6.08 Å². The summed E-state index contributed by atoms with van der Waals surface area (Å²) in [5.74, 6) is -0.295. The maximum Gasteiger partial charge on any atom is 0.262 e. The molecule has 150 valence electrons. The third kappa shape index (κ3) is 6.80. The van der Waals surface area contributed by atoms with Crippen molar-refractivity contribution in [3.05, 3.63) is 62.7 Å². The van der Waals surface area contributed by atoms with Crippen LogP contribution in [0.2, 0.25) is 0 Å². The Bertz CT molecular complexity index is 952. The second-order valence-corrected chi connectivity index (χ2v) is 7.02. The highest BCUT2D eigenvalue weighted by Crippen LogP contribution is 2.35. The van der Waals surface area contributed by atoms with E-state index in [0.717, 1.165) is 5.56 Å². The average Bonchev–Trinajstić information content (AvgIpc) is 2.70. The predicted molar refractivity (Wildman–Crippen MR) is 117 cm³/mol. The van der Waals surface area contributed by atoms with Gasteiger partial charge in [0.1, 0.15) is 11.6 Å². The monoisotopic (exact) mass is 505 g/mol. The van der Waals surface area contributed by atoms with Crippen molar-refractivity contribution in [2.75, 3.05) is 13.2 Å². The number of nitrogens with two attached hydrogens (primary N) is 1. The van der Waals surface area contributed by atoms with Crippen molar-refractivity contribution in [2.45, 2.75) is 13.5 Å². The largest absolute Gasteiger partial charge is 0.490 e. The molecule has 0 aliphatic heterocycles. The highest BCUT2D eigenvalue weighted by Gasteiger charge is 2.15. The molecule has 0 saturated heterocycles. The fourth-order valence-corrected chi connectivity index (χ4v) is 3.19. The first-order valence-corrected chi connectivity index (χ1v) is 9.83. The first kappa shape index (κ1) is 22.2. The van der Waals surface area contributed by atoms with E-state index in [9.17, 15) is 14.9 Å². The molecule has 2 amide bonds. The Morgan fingerprint density at radius 1 is 1.24 bits per heavy atom. The number of ether oxygens (including phenoxy) is 2. The Morgan fingerprint density at radius 2 is 1.97 bits per heavy atom. The number of rotatable bonds is 9. The van der Waals surface area contributed by atoms with Crippen molar-refractivity contribution in [2.24, 2.45) is 5.73 Å². The zero-order valence-corrected chi connectivity index (χ0v) is 17.9. The van der Waals surface area contributed by atoms with Crippen molar-refractivity contribution in [1.29, 1.82) is 5.26 Å². The van der Waals surface area contributed by atoms with Gasteiger partial charge in [-0.05, 0) is 58.9 Å². The lowest BCUT2D eigenvalue weighted by atomic mass is 10.1. The molecule has 2 aromatic carbocycles. The smallest absolute Gasteiger partial charge is 0.262 e. The lowest BCUT2D eigenvalue weighted by Crippen LogP contribution is -2.23. The van der Waals surface area contributed by atoms with Crippen LogP contribution in [0.25, 0.3) is 6.08 Å². The molecule has 2 aromatic rings. The number of benzene rings is 2. The van der Waals surface area contributed by atoms with Crippen LogP contribution in [-0.2, 0) is 16.1 Å². The van der Waals surface area contributed by atoms with Crippen LogP contribution >= 0.6 is 22.6 Å². The maximum atomic E-state index is 12.4. The number of hydrogen-bond acceptors (Lipinski definition) is 5. The van der Waals surface area contributed by atoms with Crippen molar-refractivity contribution in [3.8, 4) is 17.6 Å². The molecule has 8 heteroatoms. The Morgan fingerprint density at radius 3 is 2.59 bits per heavy atom. The Kier molecular flexibility index (Phi) is 8.48. The zero-order chi connectivity index (χ0) is 21.2. The number of halogens is 1. The van der Waals surface area contributed by atoms with Gasteiger partial charge in [-0.25, -0.2) is 0 Å². The molecule has 0 aliphatic rings. The normalized spacial score (nSPS) is 10.7. The van der Waals surface area contributed by atoms with E-state index in [1.807, 2.05) is 65.9 Å². The molecular formula is C21H20IN3O4. The maximum absolute atomic E-state index is 12.4. The molecule has 0 fully saturated rings. The SMILES string of the molecule is CCOc1cc(/C=C(\C#N)C(=O)NCc2ccccc2)cc(I)c1OCC(N)=O. The molecule has 0 bridgehead atoms. The molecule has 0 saturated carbocycles. The van der Waals surface area contributed by atoms with E-state index in [0.29, 0.717) is 33.8 Å². The highest BCUT2D eigenvalue weighted by molar-refractivity contribution is 14.1. The summed E-state index contributed by atoms with van der Waals surface area (Å²) < 4.78 is 11.7. The van der Waals surface area contributed by atoms with E-state index in [1.54, 1.807) is 12.1 Å². The Balaban J connectivity index is 2.23. The number of primary amides is 1. The number of carbonyl (C=O) groups is 2. The summed E-state index contributed by atoms with van der Waals surface area (Å²) in [4.78, 5) is 23.4. The van der Waals surface area contributed by atoms with Crippen LogP contribution in [0.3, 0.4) is 0 Å². The molecule has 0 atom stereocenters. The average molecular weight is 505 g/mol. The molecule has 3 N–H and O–H groups in total. The summed E-state index contributed by atoms with van der Waals surface area (Å²) in [6.45, 7) is 2.22. The number of nitrogens with one attached hydrogen (secondary N) is 1.